The number of nitrogens with one attached hydrogen (secondary N) is 1. The molecule has 1 fully saturated rings. The first-order valence-corrected chi connectivity index (χ1v) is 8.91. The van der Waals surface area contributed by atoms with Gasteiger partial charge < -0.3 is 19.9 Å². The van der Waals surface area contributed by atoms with Crippen LogP contribution in [0.2, 0.25) is 0 Å². The van der Waals surface area contributed by atoms with Crippen molar-refractivity contribution in [3.8, 4) is 5.75 Å². The summed E-state index contributed by atoms with van der Waals surface area (Å²) in [5, 5.41) is 12.8. The number of amides is 2. The van der Waals surface area contributed by atoms with Crippen molar-refractivity contribution in [3.63, 3.8) is 0 Å². The van der Waals surface area contributed by atoms with Crippen molar-refractivity contribution in [3.05, 3.63) is 42.0 Å². The minimum absolute atomic E-state index is 0.0805. The minimum atomic E-state index is -0.224. The van der Waals surface area contributed by atoms with E-state index in [1.165, 1.54) is 19.1 Å². The zero-order valence-corrected chi connectivity index (χ0v) is 15.1. The van der Waals surface area contributed by atoms with Gasteiger partial charge in [0.1, 0.15) is 11.6 Å². The quantitative estimate of drug-likeness (QED) is 0.824. The number of hydrogen-bond donors (Lipinski definition) is 2. The summed E-state index contributed by atoms with van der Waals surface area (Å²) < 4.78 is 2.15. The zero-order chi connectivity index (χ0) is 18.7. The van der Waals surface area contributed by atoms with Crippen LogP contribution in [-0.4, -0.2) is 44.5 Å². The van der Waals surface area contributed by atoms with Crippen LogP contribution in [0.4, 0.5) is 5.69 Å². The second-order valence-corrected chi connectivity index (χ2v) is 6.56. The summed E-state index contributed by atoms with van der Waals surface area (Å²) in [5.41, 5.74) is 0.702. The number of carbonyl (C=O) groups excluding carboxylic acids is 2. The SMILES string of the molecule is CCc1nccn1C1CCCN(C(=O)c2cc(NC(C)=O)ccc2O)C1. The van der Waals surface area contributed by atoms with Crippen LogP contribution >= 0.6 is 0 Å². The summed E-state index contributed by atoms with van der Waals surface area (Å²) >= 11 is 0. The zero-order valence-electron chi connectivity index (χ0n) is 15.1. The van der Waals surface area contributed by atoms with Crippen molar-refractivity contribution in [2.45, 2.75) is 39.2 Å². The Balaban J connectivity index is 1.80. The third kappa shape index (κ3) is 3.71. The Labute approximate surface area is 152 Å². The van der Waals surface area contributed by atoms with Gasteiger partial charge in [-0.1, -0.05) is 6.92 Å². The van der Waals surface area contributed by atoms with Crippen LogP contribution in [0, 0.1) is 0 Å². The molecule has 2 aromatic rings. The molecule has 1 aliphatic heterocycles. The van der Waals surface area contributed by atoms with Crippen LogP contribution in [0.15, 0.2) is 30.6 Å². The smallest absolute Gasteiger partial charge is 0.257 e. The fraction of sp³-hybridized carbons (Fsp3) is 0.421. The maximum atomic E-state index is 13.0. The molecular formula is C19H24N4O3. The second kappa shape index (κ2) is 7.59. The lowest BCUT2D eigenvalue weighted by Crippen LogP contribution is -2.41. The van der Waals surface area contributed by atoms with Gasteiger partial charge in [0.15, 0.2) is 0 Å². The molecule has 2 amide bonds. The van der Waals surface area contributed by atoms with Gasteiger partial charge in [-0.2, -0.15) is 0 Å². The van der Waals surface area contributed by atoms with Crippen molar-refractivity contribution < 1.29 is 14.7 Å². The number of phenolic OH excluding ortho intramolecular Hbond substituents is 1. The van der Waals surface area contributed by atoms with Gasteiger partial charge in [0.05, 0.1) is 11.6 Å². The highest BCUT2D eigenvalue weighted by atomic mass is 16.3. The maximum Gasteiger partial charge on any atom is 0.257 e. The lowest BCUT2D eigenvalue weighted by molar-refractivity contribution is -0.114. The van der Waals surface area contributed by atoms with E-state index in [1.807, 2.05) is 6.20 Å². The Morgan fingerprint density at radius 2 is 2.19 bits per heavy atom. The van der Waals surface area contributed by atoms with E-state index in [-0.39, 0.29) is 29.2 Å². The maximum absolute atomic E-state index is 13.0. The molecule has 0 saturated carbocycles. The first-order valence-electron chi connectivity index (χ1n) is 8.91. The molecule has 1 aromatic heterocycles. The Hall–Kier alpha value is -2.83. The molecule has 1 aromatic carbocycles. The monoisotopic (exact) mass is 356 g/mol. The first kappa shape index (κ1) is 18.0. The highest BCUT2D eigenvalue weighted by molar-refractivity contribution is 5.99. The molecule has 0 radical (unpaired) electrons. The van der Waals surface area contributed by atoms with Crippen LogP contribution in [0.3, 0.4) is 0 Å². The van der Waals surface area contributed by atoms with Crippen molar-refractivity contribution >= 4 is 17.5 Å². The van der Waals surface area contributed by atoms with E-state index in [2.05, 4.69) is 21.8 Å². The summed E-state index contributed by atoms with van der Waals surface area (Å²) in [4.78, 5) is 30.3. The molecule has 2 heterocycles. The van der Waals surface area contributed by atoms with E-state index >= 15 is 0 Å². The fourth-order valence-electron chi connectivity index (χ4n) is 3.48. The lowest BCUT2D eigenvalue weighted by Gasteiger charge is -2.34. The number of aromatic hydroxyl groups is 1. The van der Waals surface area contributed by atoms with Gasteiger partial charge in [0.25, 0.3) is 5.91 Å². The van der Waals surface area contributed by atoms with Crippen LogP contribution in [0.1, 0.15) is 48.9 Å². The Kier molecular flexibility index (Phi) is 5.25. The Bertz CT molecular complexity index is 815. The minimum Gasteiger partial charge on any atom is -0.507 e. The van der Waals surface area contributed by atoms with Crippen LogP contribution in [-0.2, 0) is 11.2 Å². The standard InChI is InChI=1S/C19H24N4O3/c1-3-18-20-8-10-23(18)15-5-4-9-22(12-15)19(26)16-11-14(21-13(2)24)6-7-17(16)25/h6-8,10-11,15,25H,3-5,9,12H2,1-2H3,(H,21,24). The molecule has 2 N–H and O–H groups in total. The largest absolute Gasteiger partial charge is 0.507 e. The number of phenols is 1. The number of aromatic nitrogens is 2. The number of anilines is 1. The predicted octanol–water partition coefficient (Wildman–Crippen LogP) is 2.59. The summed E-state index contributed by atoms with van der Waals surface area (Å²) in [6.07, 6.45) is 6.49. The predicted molar refractivity (Wildman–Crippen MR) is 98.2 cm³/mol. The van der Waals surface area contributed by atoms with Gasteiger partial charge in [-0.15, -0.1) is 0 Å². The van der Waals surface area contributed by atoms with E-state index in [9.17, 15) is 14.7 Å². The normalized spacial score (nSPS) is 17.2. The fourth-order valence-corrected chi connectivity index (χ4v) is 3.48. The average molecular weight is 356 g/mol. The first-order chi connectivity index (χ1) is 12.5. The topological polar surface area (TPSA) is 87.5 Å². The number of likely N-dealkylation sites (tertiary alicyclic amines) is 1. The van der Waals surface area contributed by atoms with Gasteiger partial charge in [-0.05, 0) is 31.0 Å². The van der Waals surface area contributed by atoms with Crippen LogP contribution in [0.25, 0.3) is 0 Å². The molecule has 0 spiro atoms. The van der Waals surface area contributed by atoms with E-state index < -0.39 is 0 Å². The highest BCUT2D eigenvalue weighted by Gasteiger charge is 2.27. The van der Waals surface area contributed by atoms with Crippen LogP contribution < -0.4 is 5.32 Å². The van der Waals surface area contributed by atoms with Gasteiger partial charge in [-0.25, -0.2) is 4.98 Å². The Morgan fingerprint density at radius 3 is 2.92 bits per heavy atom. The van der Waals surface area contributed by atoms with Gasteiger partial charge in [-0.3, -0.25) is 9.59 Å². The number of imidazole rings is 1. The number of hydrogen-bond acceptors (Lipinski definition) is 4. The molecule has 1 atom stereocenters. The highest BCUT2D eigenvalue weighted by Crippen LogP contribution is 2.28. The van der Waals surface area contributed by atoms with E-state index in [4.69, 9.17) is 0 Å². The summed E-state index contributed by atoms with van der Waals surface area (Å²) in [7, 11) is 0. The van der Waals surface area contributed by atoms with Crippen LogP contribution in [0.5, 0.6) is 5.75 Å². The van der Waals surface area contributed by atoms with Gasteiger partial charge in [0, 0.05) is 44.5 Å². The van der Waals surface area contributed by atoms with E-state index in [1.54, 1.807) is 17.2 Å². The molecule has 0 bridgehead atoms. The van der Waals surface area contributed by atoms with Crippen molar-refractivity contribution in [1.29, 1.82) is 0 Å². The molecule has 3 rings (SSSR count). The van der Waals surface area contributed by atoms with Gasteiger partial charge in [0.2, 0.25) is 5.91 Å². The average Bonchev–Trinajstić information content (AvgIpc) is 3.11. The molecular weight excluding hydrogens is 332 g/mol. The number of carbonyl (C=O) groups is 2. The van der Waals surface area contributed by atoms with E-state index in [0.717, 1.165) is 25.1 Å². The second-order valence-electron chi connectivity index (χ2n) is 6.56. The third-order valence-electron chi connectivity index (χ3n) is 4.69. The molecule has 1 saturated heterocycles. The number of benzene rings is 1. The molecule has 1 aliphatic rings. The Morgan fingerprint density at radius 1 is 1.38 bits per heavy atom. The van der Waals surface area contributed by atoms with Crippen molar-refractivity contribution in [2.75, 3.05) is 18.4 Å². The molecule has 138 valence electrons. The molecule has 1 unspecified atom stereocenters. The number of piperidine rings is 1. The summed E-state index contributed by atoms with van der Waals surface area (Å²) in [6.45, 7) is 4.69. The molecule has 7 heteroatoms. The van der Waals surface area contributed by atoms with Gasteiger partial charge >= 0.3 is 0 Å². The van der Waals surface area contributed by atoms with Crippen molar-refractivity contribution in [2.24, 2.45) is 0 Å². The van der Waals surface area contributed by atoms with Crippen molar-refractivity contribution in [1.82, 2.24) is 14.5 Å². The lowest BCUT2D eigenvalue weighted by atomic mass is 10.0. The number of aryl methyl sites for hydroxylation is 1. The number of rotatable bonds is 4. The number of nitrogens with zero attached hydrogens (tertiary/aromatic N) is 3. The molecule has 0 aliphatic carbocycles. The third-order valence-corrected chi connectivity index (χ3v) is 4.69. The summed E-state index contributed by atoms with van der Waals surface area (Å²) in [5.74, 6) is 0.486. The molecule has 7 nitrogen and oxygen atoms in total. The summed E-state index contributed by atoms with van der Waals surface area (Å²) in [6, 6.07) is 4.72. The van der Waals surface area contributed by atoms with E-state index in [0.29, 0.717) is 18.8 Å². The molecule has 26 heavy (non-hydrogen) atoms.